The molecule has 1 aromatic rings. The molecule has 3 N–H and O–H groups in total. The number of nitrogens with one attached hydrogen (secondary N) is 1. The van der Waals surface area contributed by atoms with Gasteiger partial charge < -0.3 is 5.73 Å². The third-order valence-corrected chi connectivity index (χ3v) is 5.97. The van der Waals surface area contributed by atoms with Crippen molar-refractivity contribution < 1.29 is 12.8 Å². The van der Waals surface area contributed by atoms with Gasteiger partial charge in [0, 0.05) is 17.5 Å². The molecule has 1 atom stereocenters. The fourth-order valence-corrected chi connectivity index (χ4v) is 4.44. The summed E-state index contributed by atoms with van der Waals surface area (Å²) in [6.07, 6.45) is 2.09. The van der Waals surface area contributed by atoms with Crippen molar-refractivity contribution in [1.82, 2.24) is 4.72 Å². The molecule has 19 heavy (non-hydrogen) atoms. The van der Waals surface area contributed by atoms with Crippen molar-refractivity contribution in [2.24, 2.45) is 0 Å². The van der Waals surface area contributed by atoms with Crippen molar-refractivity contribution in [2.75, 3.05) is 18.0 Å². The highest BCUT2D eigenvalue weighted by atomic mass is 32.2. The van der Waals surface area contributed by atoms with E-state index in [2.05, 4.69) is 4.72 Å². The van der Waals surface area contributed by atoms with Gasteiger partial charge in [-0.2, -0.15) is 11.8 Å². The van der Waals surface area contributed by atoms with Gasteiger partial charge in [-0.3, -0.25) is 0 Å². The maximum absolute atomic E-state index is 13.7. The average Bonchev–Trinajstić information content (AvgIpc) is 2.84. The number of hydrogen-bond donors (Lipinski definition) is 2. The zero-order valence-electron chi connectivity index (χ0n) is 10.6. The van der Waals surface area contributed by atoms with Gasteiger partial charge in [-0.25, -0.2) is 17.5 Å². The second kappa shape index (κ2) is 5.68. The van der Waals surface area contributed by atoms with Crippen molar-refractivity contribution in [3.05, 3.63) is 23.5 Å². The van der Waals surface area contributed by atoms with Crippen LogP contribution < -0.4 is 10.5 Å². The van der Waals surface area contributed by atoms with Gasteiger partial charge in [0.1, 0.15) is 10.7 Å². The minimum atomic E-state index is -3.84. The summed E-state index contributed by atoms with van der Waals surface area (Å²) in [4.78, 5) is -0.376. The molecule has 1 heterocycles. The van der Waals surface area contributed by atoms with Gasteiger partial charge in [0.2, 0.25) is 10.0 Å². The van der Waals surface area contributed by atoms with Crippen LogP contribution in [0.4, 0.5) is 10.1 Å². The van der Waals surface area contributed by atoms with E-state index in [9.17, 15) is 12.8 Å². The molecule has 1 aliphatic heterocycles. The molecule has 0 spiro atoms. The summed E-state index contributed by atoms with van der Waals surface area (Å²) in [5.41, 5.74) is 6.45. The summed E-state index contributed by atoms with van der Waals surface area (Å²) in [5.74, 6) is 0.288. The molecule has 0 saturated carbocycles. The molecular formula is C12H17FN2O2S2. The summed E-state index contributed by atoms with van der Waals surface area (Å²) in [7, 11) is -3.84. The Morgan fingerprint density at radius 2 is 2.26 bits per heavy atom. The maximum atomic E-state index is 13.7. The number of anilines is 1. The predicted octanol–water partition coefficient (Wildman–Crippen LogP) is 1.89. The highest BCUT2D eigenvalue weighted by Gasteiger charge is 2.23. The molecule has 0 aliphatic carbocycles. The highest BCUT2D eigenvalue weighted by Crippen LogP contribution is 2.26. The minimum Gasteiger partial charge on any atom is -0.398 e. The van der Waals surface area contributed by atoms with Crippen LogP contribution in [0.25, 0.3) is 0 Å². The SMILES string of the molecule is Cc1cc(F)c(S(=O)(=O)NCC2CCCS2)cc1N. The third kappa shape index (κ3) is 3.40. The van der Waals surface area contributed by atoms with Gasteiger partial charge >= 0.3 is 0 Å². The molecule has 1 fully saturated rings. The first kappa shape index (κ1) is 14.6. The lowest BCUT2D eigenvalue weighted by Crippen LogP contribution is -2.30. The first-order chi connectivity index (χ1) is 8.90. The van der Waals surface area contributed by atoms with Gasteiger partial charge in [0.25, 0.3) is 0 Å². The lowest BCUT2D eigenvalue weighted by Gasteiger charge is -2.12. The summed E-state index contributed by atoms with van der Waals surface area (Å²) in [5, 5.41) is 0.278. The second-order valence-corrected chi connectivity index (χ2v) is 7.77. The summed E-state index contributed by atoms with van der Waals surface area (Å²) in [6.45, 7) is 1.97. The Morgan fingerprint density at radius 1 is 1.53 bits per heavy atom. The number of halogens is 1. The summed E-state index contributed by atoms with van der Waals surface area (Å²) < 4.78 is 40.3. The predicted molar refractivity (Wildman–Crippen MR) is 76.2 cm³/mol. The minimum absolute atomic E-state index is 0.275. The molecule has 1 unspecified atom stereocenters. The smallest absolute Gasteiger partial charge is 0.243 e. The van der Waals surface area contributed by atoms with Crippen LogP contribution >= 0.6 is 11.8 Å². The van der Waals surface area contributed by atoms with Crippen LogP contribution in [-0.4, -0.2) is 26.0 Å². The van der Waals surface area contributed by atoms with E-state index in [1.807, 2.05) is 0 Å². The molecule has 1 aromatic carbocycles. The van der Waals surface area contributed by atoms with Gasteiger partial charge in [0.05, 0.1) is 0 Å². The molecule has 0 aromatic heterocycles. The van der Waals surface area contributed by atoms with E-state index >= 15 is 0 Å². The first-order valence-corrected chi connectivity index (χ1v) is 8.60. The average molecular weight is 304 g/mol. The zero-order chi connectivity index (χ0) is 14.0. The molecular weight excluding hydrogens is 287 g/mol. The van der Waals surface area contributed by atoms with Crippen molar-refractivity contribution in [2.45, 2.75) is 29.9 Å². The monoisotopic (exact) mass is 304 g/mol. The molecule has 1 aliphatic rings. The molecule has 0 amide bonds. The number of benzene rings is 1. The number of rotatable bonds is 4. The Labute approximate surface area is 117 Å². The molecule has 1 saturated heterocycles. The number of nitrogen functional groups attached to an aromatic ring is 1. The van der Waals surface area contributed by atoms with Crippen molar-refractivity contribution >= 4 is 27.5 Å². The lowest BCUT2D eigenvalue weighted by molar-refractivity contribution is 0.555. The van der Waals surface area contributed by atoms with E-state index in [0.29, 0.717) is 12.1 Å². The van der Waals surface area contributed by atoms with E-state index in [4.69, 9.17) is 5.73 Å². The fraction of sp³-hybridized carbons (Fsp3) is 0.500. The van der Waals surface area contributed by atoms with Gasteiger partial charge in [-0.15, -0.1) is 0 Å². The fourth-order valence-electron chi connectivity index (χ4n) is 1.96. The van der Waals surface area contributed by atoms with Gasteiger partial charge in [-0.05, 0) is 43.2 Å². The van der Waals surface area contributed by atoms with Crippen molar-refractivity contribution in [1.29, 1.82) is 0 Å². The summed E-state index contributed by atoms with van der Waals surface area (Å²) in [6, 6.07) is 2.32. The van der Waals surface area contributed by atoms with Crippen LogP contribution in [0.1, 0.15) is 18.4 Å². The summed E-state index contributed by atoms with van der Waals surface area (Å²) >= 11 is 1.74. The number of thioether (sulfide) groups is 1. The van der Waals surface area contributed by atoms with Crippen LogP contribution in [0.2, 0.25) is 0 Å². The Balaban J connectivity index is 2.16. The van der Waals surface area contributed by atoms with Gasteiger partial charge in [-0.1, -0.05) is 0 Å². The highest BCUT2D eigenvalue weighted by molar-refractivity contribution is 8.00. The Bertz CT molecular complexity index is 569. The second-order valence-electron chi connectivity index (χ2n) is 4.63. The number of hydrogen-bond acceptors (Lipinski definition) is 4. The maximum Gasteiger partial charge on any atom is 0.243 e. The van der Waals surface area contributed by atoms with Crippen molar-refractivity contribution in [3.63, 3.8) is 0 Å². The van der Waals surface area contributed by atoms with Crippen LogP contribution in [-0.2, 0) is 10.0 Å². The molecule has 4 nitrogen and oxygen atoms in total. The molecule has 0 radical (unpaired) electrons. The van der Waals surface area contributed by atoms with E-state index < -0.39 is 15.8 Å². The van der Waals surface area contributed by atoms with Gasteiger partial charge in [0.15, 0.2) is 0 Å². The number of aryl methyl sites for hydroxylation is 1. The Morgan fingerprint density at radius 3 is 2.89 bits per heavy atom. The van der Waals surface area contributed by atoms with E-state index in [-0.39, 0.29) is 15.8 Å². The Hall–Kier alpha value is -0.790. The quantitative estimate of drug-likeness (QED) is 0.833. The van der Waals surface area contributed by atoms with Crippen LogP contribution in [0.5, 0.6) is 0 Å². The largest absolute Gasteiger partial charge is 0.398 e. The first-order valence-electron chi connectivity index (χ1n) is 6.07. The van der Waals surface area contributed by atoms with Crippen LogP contribution in [0.3, 0.4) is 0 Å². The van der Waals surface area contributed by atoms with Crippen molar-refractivity contribution in [3.8, 4) is 0 Å². The van der Waals surface area contributed by atoms with E-state index in [1.54, 1.807) is 18.7 Å². The number of nitrogens with two attached hydrogens (primary N) is 1. The molecule has 2 rings (SSSR count). The normalized spacial score (nSPS) is 19.8. The van der Waals surface area contributed by atoms with Crippen LogP contribution in [0.15, 0.2) is 17.0 Å². The lowest BCUT2D eigenvalue weighted by atomic mass is 10.2. The van der Waals surface area contributed by atoms with Crippen LogP contribution in [0, 0.1) is 12.7 Å². The molecule has 7 heteroatoms. The van der Waals surface area contributed by atoms with E-state index in [1.165, 1.54) is 6.07 Å². The molecule has 106 valence electrons. The third-order valence-electron chi connectivity index (χ3n) is 3.14. The van der Waals surface area contributed by atoms with E-state index in [0.717, 1.165) is 24.7 Å². The topological polar surface area (TPSA) is 72.2 Å². The standard InChI is InChI=1S/C12H17FN2O2S2/c1-8-5-10(13)12(6-11(8)14)19(16,17)15-7-9-3-2-4-18-9/h5-6,9,15H,2-4,7,14H2,1H3. The molecule has 0 bridgehead atoms. The Kier molecular flexibility index (Phi) is 4.37. The zero-order valence-corrected chi connectivity index (χ0v) is 12.3. The number of sulfonamides is 1.